The van der Waals surface area contributed by atoms with Gasteiger partial charge in [0.25, 0.3) is 0 Å². The lowest BCUT2D eigenvalue weighted by molar-refractivity contribution is -0.123. The van der Waals surface area contributed by atoms with E-state index in [1.807, 2.05) is 12.1 Å². The summed E-state index contributed by atoms with van der Waals surface area (Å²) in [7, 11) is 0. The van der Waals surface area contributed by atoms with Gasteiger partial charge in [-0.3, -0.25) is 4.79 Å². The molecule has 2 atom stereocenters. The minimum Gasteiger partial charge on any atom is -0.354 e. The minimum absolute atomic E-state index is 0.0999. The van der Waals surface area contributed by atoms with Crippen LogP contribution in [-0.2, 0) is 17.8 Å². The molecular weight excluding hydrogens is 248 g/mol. The molecule has 1 aliphatic rings. The van der Waals surface area contributed by atoms with E-state index >= 15 is 0 Å². The fourth-order valence-electron chi connectivity index (χ4n) is 2.32. The Balaban J connectivity index is 1.89. The van der Waals surface area contributed by atoms with Crippen molar-refractivity contribution in [2.45, 2.75) is 46.7 Å². The Kier molecular flexibility index (Phi) is 4.48. The Morgan fingerprint density at radius 2 is 2.00 bits per heavy atom. The molecule has 20 heavy (non-hydrogen) atoms. The number of fused-ring (bicyclic) bond motifs is 1. The molecule has 0 bridgehead atoms. The van der Waals surface area contributed by atoms with Gasteiger partial charge in [0.2, 0.25) is 5.91 Å². The molecule has 0 saturated carbocycles. The minimum atomic E-state index is -0.0999. The smallest absolute Gasteiger partial charge is 0.237 e. The van der Waals surface area contributed by atoms with Gasteiger partial charge in [0.05, 0.1) is 6.04 Å². The molecule has 0 radical (unpaired) electrons. The Bertz CT molecular complexity index is 476. The molecule has 3 heteroatoms. The van der Waals surface area contributed by atoms with E-state index in [0.29, 0.717) is 5.92 Å². The second kappa shape index (κ2) is 5.96. The van der Waals surface area contributed by atoms with E-state index in [-0.39, 0.29) is 17.4 Å². The highest BCUT2D eigenvalue weighted by Crippen LogP contribution is 2.24. The van der Waals surface area contributed by atoms with Crippen LogP contribution in [-0.4, -0.2) is 18.5 Å². The lowest BCUT2D eigenvalue weighted by atomic mass is 9.82. The molecule has 0 saturated heterocycles. The monoisotopic (exact) mass is 274 g/mol. The first-order valence-corrected chi connectivity index (χ1v) is 7.46. The quantitative estimate of drug-likeness (QED) is 0.889. The average Bonchev–Trinajstić information content (AvgIpc) is 2.42. The van der Waals surface area contributed by atoms with Crippen molar-refractivity contribution in [1.29, 1.82) is 0 Å². The maximum atomic E-state index is 12.3. The van der Waals surface area contributed by atoms with Crippen molar-refractivity contribution in [1.82, 2.24) is 10.6 Å². The van der Waals surface area contributed by atoms with Gasteiger partial charge in [-0.1, -0.05) is 52.0 Å². The van der Waals surface area contributed by atoms with Gasteiger partial charge in [0.1, 0.15) is 0 Å². The van der Waals surface area contributed by atoms with Crippen LogP contribution in [0.5, 0.6) is 0 Å². The van der Waals surface area contributed by atoms with Crippen molar-refractivity contribution in [2.75, 3.05) is 6.54 Å². The summed E-state index contributed by atoms with van der Waals surface area (Å²) >= 11 is 0. The van der Waals surface area contributed by atoms with Crippen LogP contribution in [0.1, 0.15) is 38.8 Å². The number of nitrogens with one attached hydrogen (secondary N) is 2. The van der Waals surface area contributed by atoms with Crippen molar-refractivity contribution in [3.8, 4) is 0 Å². The largest absolute Gasteiger partial charge is 0.354 e. The van der Waals surface area contributed by atoms with Gasteiger partial charge in [-0.15, -0.1) is 0 Å². The standard InChI is InChI=1S/C17H26N2O/c1-12(17(2,3)4)10-19-16(20)15-9-13-7-5-6-8-14(13)11-18-15/h5-8,12,15,18H,9-11H2,1-4H3,(H,19,20)/t12?,15-/m1/s1. The molecule has 2 N–H and O–H groups in total. The third kappa shape index (κ3) is 3.60. The first-order chi connectivity index (χ1) is 9.38. The normalized spacial score (nSPS) is 20.1. The number of amides is 1. The van der Waals surface area contributed by atoms with Gasteiger partial charge < -0.3 is 10.6 Å². The maximum absolute atomic E-state index is 12.3. The van der Waals surface area contributed by atoms with Gasteiger partial charge >= 0.3 is 0 Å². The van der Waals surface area contributed by atoms with Crippen molar-refractivity contribution < 1.29 is 4.79 Å². The van der Waals surface area contributed by atoms with E-state index in [2.05, 4.69) is 50.5 Å². The summed E-state index contributed by atoms with van der Waals surface area (Å²) in [6, 6.07) is 8.23. The molecule has 2 rings (SSSR count). The van der Waals surface area contributed by atoms with Crippen LogP contribution in [0.25, 0.3) is 0 Å². The Morgan fingerprint density at radius 3 is 2.65 bits per heavy atom. The van der Waals surface area contributed by atoms with Crippen molar-refractivity contribution in [2.24, 2.45) is 11.3 Å². The molecule has 3 nitrogen and oxygen atoms in total. The second-order valence-electron chi connectivity index (χ2n) is 6.92. The van der Waals surface area contributed by atoms with Crippen molar-refractivity contribution in [3.05, 3.63) is 35.4 Å². The summed E-state index contributed by atoms with van der Waals surface area (Å²) in [5, 5.41) is 6.41. The molecule has 1 aliphatic heterocycles. The van der Waals surface area contributed by atoms with E-state index in [4.69, 9.17) is 0 Å². The lowest BCUT2D eigenvalue weighted by Crippen LogP contribution is -2.49. The first-order valence-electron chi connectivity index (χ1n) is 7.46. The van der Waals surface area contributed by atoms with E-state index in [1.165, 1.54) is 11.1 Å². The van der Waals surface area contributed by atoms with Crippen molar-refractivity contribution >= 4 is 5.91 Å². The molecule has 0 fully saturated rings. The van der Waals surface area contributed by atoms with Crippen molar-refractivity contribution in [3.63, 3.8) is 0 Å². The van der Waals surface area contributed by atoms with Crippen LogP contribution in [0.15, 0.2) is 24.3 Å². The molecule has 0 aromatic heterocycles. The van der Waals surface area contributed by atoms with Crippen LogP contribution in [0.4, 0.5) is 0 Å². The van der Waals surface area contributed by atoms with Crippen LogP contribution >= 0.6 is 0 Å². The number of benzene rings is 1. The fraction of sp³-hybridized carbons (Fsp3) is 0.588. The van der Waals surface area contributed by atoms with Crippen LogP contribution in [0.3, 0.4) is 0 Å². The second-order valence-corrected chi connectivity index (χ2v) is 6.92. The first kappa shape index (κ1) is 15.0. The number of carbonyl (C=O) groups is 1. The number of carbonyl (C=O) groups excluding carboxylic acids is 1. The van der Waals surface area contributed by atoms with Gasteiger partial charge in [-0.2, -0.15) is 0 Å². The summed E-state index contributed by atoms with van der Waals surface area (Å²) in [6.45, 7) is 10.3. The highest BCUT2D eigenvalue weighted by Gasteiger charge is 2.25. The summed E-state index contributed by atoms with van der Waals surface area (Å²) in [5.74, 6) is 0.581. The molecular formula is C17H26N2O. The van der Waals surface area contributed by atoms with Gasteiger partial charge in [-0.05, 0) is 28.9 Å². The molecule has 1 aromatic rings. The lowest BCUT2D eigenvalue weighted by Gasteiger charge is -2.29. The molecule has 1 heterocycles. The summed E-state index contributed by atoms with van der Waals surface area (Å²) in [4.78, 5) is 12.3. The molecule has 1 aromatic carbocycles. The van der Waals surface area contributed by atoms with E-state index in [0.717, 1.165) is 19.5 Å². The molecule has 1 unspecified atom stereocenters. The zero-order valence-electron chi connectivity index (χ0n) is 13.0. The van der Waals surface area contributed by atoms with Gasteiger partial charge in [0.15, 0.2) is 0 Å². The van der Waals surface area contributed by atoms with Gasteiger partial charge in [-0.25, -0.2) is 0 Å². The highest BCUT2D eigenvalue weighted by molar-refractivity contribution is 5.82. The Hall–Kier alpha value is -1.35. The zero-order valence-corrected chi connectivity index (χ0v) is 13.0. The number of hydrogen-bond donors (Lipinski definition) is 2. The predicted octanol–water partition coefficient (Wildman–Crippen LogP) is 2.50. The fourth-order valence-corrected chi connectivity index (χ4v) is 2.32. The molecule has 110 valence electrons. The summed E-state index contributed by atoms with van der Waals surface area (Å²) < 4.78 is 0. The third-order valence-corrected chi connectivity index (χ3v) is 4.46. The molecule has 1 amide bonds. The Labute approximate surface area is 122 Å². The highest BCUT2D eigenvalue weighted by atomic mass is 16.2. The number of hydrogen-bond acceptors (Lipinski definition) is 2. The topological polar surface area (TPSA) is 41.1 Å². The van der Waals surface area contributed by atoms with Gasteiger partial charge in [0, 0.05) is 13.1 Å². The van der Waals surface area contributed by atoms with Crippen LogP contribution in [0.2, 0.25) is 0 Å². The van der Waals surface area contributed by atoms with E-state index in [9.17, 15) is 4.79 Å². The Morgan fingerprint density at radius 1 is 1.35 bits per heavy atom. The van der Waals surface area contributed by atoms with E-state index in [1.54, 1.807) is 0 Å². The summed E-state index contributed by atoms with van der Waals surface area (Å²) in [5.41, 5.74) is 2.81. The number of rotatable bonds is 3. The van der Waals surface area contributed by atoms with E-state index < -0.39 is 0 Å². The zero-order chi connectivity index (χ0) is 14.8. The predicted molar refractivity (Wildman–Crippen MR) is 82.4 cm³/mol. The molecule has 0 aliphatic carbocycles. The third-order valence-electron chi connectivity index (χ3n) is 4.46. The van der Waals surface area contributed by atoms with Crippen LogP contribution < -0.4 is 10.6 Å². The van der Waals surface area contributed by atoms with Crippen LogP contribution in [0, 0.1) is 11.3 Å². The average molecular weight is 274 g/mol. The SMILES string of the molecule is CC(CNC(=O)[C@H]1Cc2ccccc2CN1)C(C)(C)C. The molecule has 0 spiro atoms. The maximum Gasteiger partial charge on any atom is 0.237 e. The summed E-state index contributed by atoms with van der Waals surface area (Å²) in [6.07, 6.45) is 0.784.